The molecule has 4 aromatic rings. The van der Waals surface area contributed by atoms with Gasteiger partial charge in [0.1, 0.15) is 11.8 Å². The van der Waals surface area contributed by atoms with Gasteiger partial charge in [0.15, 0.2) is 0 Å². The van der Waals surface area contributed by atoms with Crippen LogP contribution in [0.2, 0.25) is 0 Å². The van der Waals surface area contributed by atoms with Gasteiger partial charge in [0, 0.05) is 48.7 Å². The molecule has 0 N–H and O–H groups in total. The van der Waals surface area contributed by atoms with Crippen LogP contribution in [0, 0.1) is 0 Å². The second-order valence-electron chi connectivity index (χ2n) is 6.63. The highest BCUT2D eigenvalue weighted by Gasteiger charge is 2.26. The first kappa shape index (κ1) is 16.6. The maximum Gasteiger partial charge on any atom is 0.121 e. The van der Waals surface area contributed by atoms with E-state index >= 15 is 0 Å². The molecule has 1 saturated heterocycles. The van der Waals surface area contributed by atoms with Crippen molar-refractivity contribution < 1.29 is 4.74 Å². The maximum atomic E-state index is 6.03. The van der Waals surface area contributed by atoms with Crippen LogP contribution in [0.4, 0.5) is 0 Å². The quantitative estimate of drug-likeness (QED) is 0.545. The van der Waals surface area contributed by atoms with E-state index in [-0.39, 0.29) is 6.10 Å². The Morgan fingerprint density at radius 2 is 2.04 bits per heavy atom. The standard InChI is InChI=1S/C20H19N5OS/c1-2-17(27-11-1)13-24-9-10-26-19(14-24)20-18-4-3-16(12-25(18)23-22-20)15-5-7-21-8-6-15/h1-8,11-12,19H,9-10,13-14H2/t19-/m0/s1. The number of pyridine rings is 2. The highest BCUT2D eigenvalue weighted by atomic mass is 32.1. The summed E-state index contributed by atoms with van der Waals surface area (Å²) in [5.41, 5.74) is 4.10. The summed E-state index contributed by atoms with van der Waals surface area (Å²) >= 11 is 1.80. The van der Waals surface area contributed by atoms with Gasteiger partial charge in [-0.1, -0.05) is 17.3 Å². The summed E-state index contributed by atoms with van der Waals surface area (Å²) in [5.74, 6) is 0. The summed E-state index contributed by atoms with van der Waals surface area (Å²) in [4.78, 5) is 7.88. The van der Waals surface area contributed by atoms with Gasteiger partial charge in [0.05, 0.1) is 12.1 Å². The molecule has 1 aliphatic heterocycles. The van der Waals surface area contributed by atoms with Crippen LogP contribution in [0.1, 0.15) is 16.7 Å². The Kier molecular flexibility index (Phi) is 4.41. The number of thiophene rings is 1. The van der Waals surface area contributed by atoms with Gasteiger partial charge >= 0.3 is 0 Å². The topological polar surface area (TPSA) is 55.5 Å². The first-order valence-electron chi connectivity index (χ1n) is 8.98. The predicted molar refractivity (Wildman–Crippen MR) is 105 cm³/mol. The second-order valence-corrected chi connectivity index (χ2v) is 7.66. The zero-order valence-corrected chi connectivity index (χ0v) is 15.5. The number of morpholine rings is 1. The van der Waals surface area contributed by atoms with Crippen LogP contribution in [-0.4, -0.2) is 44.4 Å². The van der Waals surface area contributed by atoms with Crippen LogP contribution in [0.15, 0.2) is 60.4 Å². The molecule has 136 valence electrons. The number of rotatable bonds is 4. The van der Waals surface area contributed by atoms with Crippen LogP contribution in [0.5, 0.6) is 0 Å². The number of fused-ring (bicyclic) bond motifs is 1. The summed E-state index contributed by atoms with van der Waals surface area (Å²) in [6.45, 7) is 3.45. The van der Waals surface area contributed by atoms with Crippen LogP contribution in [-0.2, 0) is 11.3 Å². The number of nitrogens with zero attached hydrogens (tertiary/aromatic N) is 5. The van der Waals surface area contributed by atoms with Crippen molar-refractivity contribution in [2.75, 3.05) is 19.7 Å². The van der Waals surface area contributed by atoms with Crippen molar-refractivity contribution in [2.45, 2.75) is 12.6 Å². The Balaban J connectivity index is 1.39. The third kappa shape index (κ3) is 3.37. The minimum atomic E-state index is -0.0528. The molecule has 6 nitrogen and oxygen atoms in total. The summed E-state index contributed by atoms with van der Waals surface area (Å²) in [7, 11) is 0. The van der Waals surface area contributed by atoms with E-state index in [1.165, 1.54) is 4.88 Å². The first-order valence-corrected chi connectivity index (χ1v) is 9.86. The Morgan fingerprint density at radius 3 is 2.89 bits per heavy atom. The molecule has 0 bridgehead atoms. The molecule has 1 atom stereocenters. The highest BCUT2D eigenvalue weighted by Crippen LogP contribution is 2.27. The monoisotopic (exact) mass is 377 g/mol. The van der Waals surface area contributed by atoms with Gasteiger partial charge in [-0.25, -0.2) is 4.52 Å². The summed E-state index contributed by atoms with van der Waals surface area (Å²) in [5, 5.41) is 10.9. The van der Waals surface area contributed by atoms with Crippen molar-refractivity contribution in [3.05, 3.63) is 70.9 Å². The Hall–Kier alpha value is -2.61. The van der Waals surface area contributed by atoms with Gasteiger partial charge in [0.2, 0.25) is 0 Å². The molecule has 0 spiro atoms. The van der Waals surface area contributed by atoms with E-state index < -0.39 is 0 Å². The van der Waals surface area contributed by atoms with Crippen LogP contribution in [0.3, 0.4) is 0 Å². The van der Waals surface area contributed by atoms with Gasteiger partial charge in [-0.15, -0.1) is 16.4 Å². The van der Waals surface area contributed by atoms with Crippen LogP contribution < -0.4 is 0 Å². The summed E-state index contributed by atoms with van der Waals surface area (Å²) in [6, 6.07) is 12.4. The van der Waals surface area contributed by atoms with Gasteiger partial charge in [-0.2, -0.15) is 0 Å². The highest BCUT2D eigenvalue weighted by molar-refractivity contribution is 7.09. The molecule has 0 aromatic carbocycles. The van der Waals surface area contributed by atoms with Crippen molar-refractivity contribution >= 4 is 16.9 Å². The lowest BCUT2D eigenvalue weighted by molar-refractivity contribution is -0.0340. The van der Waals surface area contributed by atoms with E-state index in [2.05, 4.69) is 49.8 Å². The molecule has 27 heavy (non-hydrogen) atoms. The lowest BCUT2D eigenvalue weighted by Gasteiger charge is -2.31. The lowest BCUT2D eigenvalue weighted by Crippen LogP contribution is -2.37. The van der Waals surface area contributed by atoms with Crippen molar-refractivity contribution in [1.29, 1.82) is 0 Å². The fraction of sp³-hybridized carbons (Fsp3) is 0.250. The van der Waals surface area contributed by atoms with Crippen LogP contribution >= 0.6 is 11.3 Å². The van der Waals surface area contributed by atoms with E-state index in [9.17, 15) is 0 Å². The third-order valence-electron chi connectivity index (χ3n) is 4.87. The molecule has 1 aliphatic rings. The molecule has 7 heteroatoms. The van der Waals surface area contributed by atoms with E-state index in [4.69, 9.17) is 4.74 Å². The number of hydrogen-bond donors (Lipinski definition) is 0. The largest absolute Gasteiger partial charge is 0.369 e. The first-order chi connectivity index (χ1) is 13.4. The molecule has 0 radical (unpaired) electrons. The lowest BCUT2D eigenvalue weighted by atomic mass is 10.1. The molecule has 0 unspecified atom stereocenters. The Bertz CT molecular complexity index is 1030. The zero-order chi connectivity index (χ0) is 18.1. The fourth-order valence-corrected chi connectivity index (χ4v) is 4.24. The molecule has 4 aromatic heterocycles. The minimum Gasteiger partial charge on any atom is -0.369 e. The molecule has 0 amide bonds. The van der Waals surface area contributed by atoms with Crippen LogP contribution in [0.25, 0.3) is 16.6 Å². The average Bonchev–Trinajstić information content (AvgIpc) is 3.38. The molecule has 1 fully saturated rings. The smallest absolute Gasteiger partial charge is 0.121 e. The summed E-state index contributed by atoms with van der Waals surface area (Å²) in [6.07, 6.45) is 5.55. The van der Waals surface area contributed by atoms with E-state index in [1.54, 1.807) is 23.7 Å². The molecular weight excluding hydrogens is 358 g/mol. The summed E-state index contributed by atoms with van der Waals surface area (Å²) < 4.78 is 7.87. The predicted octanol–water partition coefficient (Wildman–Crippen LogP) is 3.43. The van der Waals surface area contributed by atoms with Gasteiger partial charge in [-0.05, 0) is 35.2 Å². The number of hydrogen-bond acceptors (Lipinski definition) is 6. The van der Waals surface area contributed by atoms with E-state index in [1.807, 2.05) is 22.8 Å². The van der Waals surface area contributed by atoms with Crippen molar-refractivity contribution in [3.8, 4) is 11.1 Å². The maximum absolute atomic E-state index is 6.03. The van der Waals surface area contributed by atoms with Crippen molar-refractivity contribution in [2.24, 2.45) is 0 Å². The molecular formula is C20H19N5OS. The van der Waals surface area contributed by atoms with Crippen molar-refractivity contribution in [3.63, 3.8) is 0 Å². The van der Waals surface area contributed by atoms with Gasteiger partial charge < -0.3 is 4.74 Å². The van der Waals surface area contributed by atoms with E-state index in [0.29, 0.717) is 6.61 Å². The minimum absolute atomic E-state index is 0.0528. The Labute approximate surface area is 161 Å². The number of ether oxygens (including phenoxy) is 1. The number of aromatic nitrogens is 4. The third-order valence-corrected chi connectivity index (χ3v) is 5.73. The average molecular weight is 377 g/mol. The van der Waals surface area contributed by atoms with Crippen molar-refractivity contribution in [1.82, 2.24) is 24.7 Å². The Morgan fingerprint density at radius 1 is 1.11 bits per heavy atom. The molecule has 0 saturated carbocycles. The van der Waals surface area contributed by atoms with E-state index in [0.717, 1.165) is 42.0 Å². The molecule has 5 rings (SSSR count). The fourth-order valence-electron chi connectivity index (χ4n) is 3.49. The SMILES string of the molecule is c1csc(CN2CCO[C@H](c3nnn4cc(-c5ccncc5)ccc34)C2)c1. The van der Waals surface area contributed by atoms with Gasteiger partial charge in [0.25, 0.3) is 0 Å². The molecule has 5 heterocycles. The second kappa shape index (κ2) is 7.19. The molecule has 0 aliphatic carbocycles. The zero-order valence-electron chi connectivity index (χ0n) is 14.7. The normalized spacial score (nSPS) is 18.1. The van der Waals surface area contributed by atoms with Gasteiger partial charge in [-0.3, -0.25) is 9.88 Å².